The lowest BCUT2D eigenvalue weighted by Gasteiger charge is -1.95. The van der Waals surface area contributed by atoms with Crippen LogP contribution in [-0.2, 0) is 0 Å². The molecule has 0 fully saturated rings. The first-order chi connectivity index (χ1) is 4.29. The van der Waals surface area contributed by atoms with Gasteiger partial charge in [-0.25, -0.2) is 0 Å². The van der Waals surface area contributed by atoms with E-state index in [1.807, 2.05) is 0 Å². The zero-order valence-corrected chi connectivity index (χ0v) is 7.27. The largest absolute Gasteiger partial charge is 0.403 e. The van der Waals surface area contributed by atoms with E-state index < -0.39 is 7.94 Å². The summed E-state index contributed by atoms with van der Waals surface area (Å²) in [4.78, 5) is 24.1. The third kappa shape index (κ3) is 43.6. The van der Waals surface area contributed by atoms with Crippen molar-refractivity contribution >= 4 is 25.3 Å². The molecule has 0 saturated carbocycles. The third-order valence-corrected chi connectivity index (χ3v) is 1.27. The van der Waals surface area contributed by atoms with Crippen LogP contribution in [0.2, 0.25) is 0 Å². The molecule has 62 valence electrons. The summed E-state index contributed by atoms with van der Waals surface area (Å²) in [6.07, 6.45) is 0.0486. The maximum Gasteiger partial charge on any atom is 0.403 e. The molecular weight excluding hydrogens is 175 g/mol. The monoisotopic (exact) mass is 187 g/mol. The van der Waals surface area contributed by atoms with Gasteiger partial charge in [0.25, 0.3) is 0 Å². The molecule has 7 N–H and O–H groups in total. The van der Waals surface area contributed by atoms with E-state index in [9.17, 15) is 0 Å². The summed E-state index contributed by atoms with van der Waals surface area (Å²) in [5.74, 6) is 0. The van der Waals surface area contributed by atoms with Gasteiger partial charge >= 0.3 is 7.94 Å². The zero-order chi connectivity index (χ0) is 8.78. The molecule has 7 heteroatoms. The van der Waals surface area contributed by atoms with Crippen molar-refractivity contribution < 1.29 is 14.7 Å². The minimum Gasteiger partial charge on any atom is -0.377 e. The van der Waals surface area contributed by atoms with Crippen LogP contribution in [0.15, 0.2) is 0 Å². The molecule has 0 aliphatic heterocycles. The minimum atomic E-state index is -3.40. The van der Waals surface area contributed by atoms with E-state index in [1.54, 1.807) is 0 Å². The second kappa shape index (κ2) is 5.76. The average molecular weight is 187 g/mol. The van der Waals surface area contributed by atoms with E-state index in [2.05, 4.69) is 23.7 Å². The van der Waals surface area contributed by atoms with E-state index in [-0.39, 0.29) is 11.3 Å². The van der Waals surface area contributed by atoms with Crippen molar-refractivity contribution in [2.45, 2.75) is 6.92 Å². The summed E-state index contributed by atoms with van der Waals surface area (Å²) in [7, 11) is -3.40. The van der Waals surface area contributed by atoms with Gasteiger partial charge in [-0.15, -0.1) is 0 Å². The first-order valence-corrected chi connectivity index (χ1v) is 4.65. The molecule has 5 nitrogen and oxygen atoms in total. The first kappa shape index (κ1) is 12.7. The van der Waals surface area contributed by atoms with Crippen molar-refractivity contribution in [2.24, 2.45) is 11.5 Å². The smallest absolute Gasteiger partial charge is 0.377 e. The molecule has 0 aliphatic rings. The normalized spacial score (nSPS) is 9.60. The highest BCUT2D eigenvalue weighted by Crippen LogP contribution is 2.43. The predicted molar refractivity (Wildman–Crippen MR) is 45.1 cm³/mol. The van der Waals surface area contributed by atoms with E-state index >= 15 is 0 Å². The standard InChI is InChI=1S/C2H8O3P.CH4N2S/c1-2-6(3,4)5;2-1(3)4/h3-5H,2H2,1H3;(H4,2,3,4)/q+1;. The lowest BCUT2D eigenvalue weighted by Crippen LogP contribution is -2.18. The lowest BCUT2D eigenvalue weighted by atomic mass is 11.0. The van der Waals surface area contributed by atoms with Gasteiger partial charge < -0.3 is 11.5 Å². The Morgan fingerprint density at radius 3 is 1.50 bits per heavy atom. The predicted octanol–water partition coefficient (Wildman–Crippen LogP) is -1.07. The Hall–Kier alpha value is 0.0000000000000000278. The molecule has 0 saturated heterocycles. The van der Waals surface area contributed by atoms with Crippen LogP contribution in [0.3, 0.4) is 0 Å². The Morgan fingerprint density at radius 2 is 1.50 bits per heavy atom. The van der Waals surface area contributed by atoms with E-state index in [0.717, 1.165) is 0 Å². The number of thiocarbonyl (C=S) groups is 1. The highest BCUT2D eigenvalue weighted by Gasteiger charge is 2.24. The van der Waals surface area contributed by atoms with Crippen LogP contribution in [0, 0.1) is 0 Å². The minimum absolute atomic E-state index is 0.000000000000000222. The van der Waals surface area contributed by atoms with Crippen LogP contribution >= 0.6 is 20.2 Å². The van der Waals surface area contributed by atoms with Gasteiger partial charge in [0.2, 0.25) is 0 Å². The van der Waals surface area contributed by atoms with Gasteiger partial charge in [0.1, 0.15) is 6.16 Å². The number of rotatable bonds is 1. The molecule has 0 bridgehead atoms. The summed E-state index contributed by atoms with van der Waals surface area (Å²) in [5.41, 5.74) is 9.24. The van der Waals surface area contributed by atoms with Gasteiger partial charge in [-0.05, 0) is 19.1 Å². The Kier molecular flexibility index (Phi) is 7.29. The number of hydrogen-bond donors (Lipinski definition) is 5. The fourth-order valence-electron chi connectivity index (χ4n) is 0. The maximum absolute atomic E-state index is 8.05. The Morgan fingerprint density at radius 1 is 1.40 bits per heavy atom. The van der Waals surface area contributed by atoms with Crippen LogP contribution in [0.25, 0.3) is 0 Å². The highest BCUT2D eigenvalue weighted by atomic mass is 32.1. The van der Waals surface area contributed by atoms with Crippen LogP contribution in [0.5, 0.6) is 0 Å². The second-order valence-electron chi connectivity index (χ2n) is 1.41. The molecule has 0 aromatic rings. The highest BCUT2D eigenvalue weighted by molar-refractivity contribution is 7.80. The van der Waals surface area contributed by atoms with E-state index in [0.29, 0.717) is 0 Å². The average Bonchev–Trinajstić information content (AvgIpc) is 1.63. The van der Waals surface area contributed by atoms with Crippen LogP contribution in [0.1, 0.15) is 6.92 Å². The van der Waals surface area contributed by atoms with Gasteiger partial charge in [0.15, 0.2) is 5.11 Å². The molecule has 0 spiro atoms. The van der Waals surface area contributed by atoms with Gasteiger partial charge in [-0.3, -0.25) is 0 Å². The van der Waals surface area contributed by atoms with Gasteiger partial charge in [0.05, 0.1) is 0 Å². The number of nitrogens with two attached hydrogens (primary N) is 2. The van der Waals surface area contributed by atoms with Crippen LogP contribution < -0.4 is 11.5 Å². The van der Waals surface area contributed by atoms with Gasteiger partial charge in [-0.1, -0.05) is 0 Å². The van der Waals surface area contributed by atoms with Crippen LogP contribution in [-0.4, -0.2) is 26.0 Å². The molecule has 10 heavy (non-hydrogen) atoms. The number of hydrogen-bond acceptors (Lipinski definition) is 4. The van der Waals surface area contributed by atoms with Crippen molar-refractivity contribution in [1.29, 1.82) is 0 Å². The summed E-state index contributed by atoms with van der Waals surface area (Å²) in [6, 6.07) is 0. The quantitative estimate of drug-likeness (QED) is 0.264. The Bertz CT molecular complexity index is 100. The molecule has 0 atom stereocenters. The SMILES string of the molecule is CC[P+](O)(O)O.NC(N)=S. The maximum atomic E-state index is 8.05. The second-order valence-corrected chi connectivity index (χ2v) is 3.90. The summed E-state index contributed by atoms with van der Waals surface area (Å²) in [5, 5.41) is 0.000000000000000222. The lowest BCUT2D eigenvalue weighted by molar-refractivity contribution is 0.332. The van der Waals surface area contributed by atoms with Crippen LogP contribution in [0.4, 0.5) is 0 Å². The van der Waals surface area contributed by atoms with Crippen molar-refractivity contribution in [2.75, 3.05) is 6.16 Å². The van der Waals surface area contributed by atoms with Crippen molar-refractivity contribution in [3.63, 3.8) is 0 Å². The zero-order valence-electron chi connectivity index (χ0n) is 5.56. The molecule has 0 unspecified atom stereocenters. The topological polar surface area (TPSA) is 113 Å². The first-order valence-electron chi connectivity index (χ1n) is 2.40. The molecule has 0 amide bonds. The summed E-state index contributed by atoms with van der Waals surface area (Å²) < 4.78 is 0. The van der Waals surface area contributed by atoms with Gasteiger partial charge in [0, 0.05) is 0 Å². The van der Waals surface area contributed by atoms with Crippen molar-refractivity contribution in [3.05, 3.63) is 0 Å². The summed E-state index contributed by atoms with van der Waals surface area (Å²) >= 11 is 4.09. The molecule has 0 aromatic carbocycles. The Balaban J connectivity index is 0. The molecule has 0 rings (SSSR count). The summed E-state index contributed by atoms with van der Waals surface area (Å²) in [6.45, 7) is 1.51. The molecular formula is C3H12N2O3PS+. The molecule has 0 radical (unpaired) electrons. The van der Waals surface area contributed by atoms with E-state index in [4.69, 9.17) is 14.7 Å². The fraction of sp³-hybridized carbons (Fsp3) is 0.667. The molecule has 0 aliphatic carbocycles. The van der Waals surface area contributed by atoms with Gasteiger partial charge in [-0.2, -0.15) is 14.7 Å². The van der Waals surface area contributed by atoms with Crippen molar-refractivity contribution in [1.82, 2.24) is 0 Å². The molecule has 0 heterocycles. The third-order valence-electron chi connectivity index (χ3n) is 0.424. The Labute approximate surface area is 65.2 Å². The molecule has 0 aromatic heterocycles. The van der Waals surface area contributed by atoms with E-state index in [1.165, 1.54) is 6.92 Å². The van der Waals surface area contributed by atoms with Crippen molar-refractivity contribution in [3.8, 4) is 0 Å². The fourth-order valence-corrected chi connectivity index (χ4v) is 0.